The molecule has 1 aromatic heterocycles. The Kier molecular flexibility index (Phi) is 6.38. The van der Waals surface area contributed by atoms with Crippen molar-refractivity contribution in [2.24, 2.45) is 0 Å². The third-order valence-electron chi connectivity index (χ3n) is 4.23. The van der Waals surface area contributed by atoms with E-state index < -0.39 is 0 Å². The number of rotatable bonds is 5. The molecule has 4 rings (SSSR count). The molecule has 3 nitrogen and oxygen atoms in total. The molecule has 0 fully saturated rings. The summed E-state index contributed by atoms with van der Waals surface area (Å²) in [6.45, 7) is 0. The van der Waals surface area contributed by atoms with Gasteiger partial charge in [0.1, 0.15) is 0 Å². The number of benzene rings is 3. The number of hydrogen-bond donors (Lipinski definition) is 0. The molecule has 8 heteroatoms. The highest BCUT2D eigenvalue weighted by molar-refractivity contribution is 7.98. The number of aromatic nitrogens is 3. The van der Waals surface area contributed by atoms with Crippen molar-refractivity contribution in [2.45, 2.75) is 10.9 Å². The van der Waals surface area contributed by atoms with Crippen molar-refractivity contribution in [3.05, 3.63) is 92.4 Å². The topological polar surface area (TPSA) is 30.7 Å². The molecule has 0 saturated carbocycles. The van der Waals surface area contributed by atoms with Crippen LogP contribution in [0.4, 0.5) is 0 Å². The molecule has 4 aromatic rings. The van der Waals surface area contributed by atoms with Crippen LogP contribution in [0.2, 0.25) is 20.1 Å². The van der Waals surface area contributed by atoms with E-state index in [0.29, 0.717) is 36.8 Å². The third-order valence-corrected chi connectivity index (χ3v) is 6.40. The molecular weight excluding hydrogens is 468 g/mol. The first kappa shape index (κ1) is 20.6. The first-order valence-corrected chi connectivity index (χ1v) is 11.1. The van der Waals surface area contributed by atoms with E-state index in [1.54, 1.807) is 0 Å². The first-order chi connectivity index (χ1) is 14.0. The fourth-order valence-corrected chi connectivity index (χ4v) is 4.72. The SMILES string of the molecule is Clc1ccc(-c2nnc(SCc3c(Cl)cccc3Cl)n2-c2ccc(Cl)cc2)cc1. The number of thioether (sulfide) groups is 1. The lowest BCUT2D eigenvalue weighted by Crippen LogP contribution is -2.00. The van der Waals surface area contributed by atoms with Crippen molar-refractivity contribution in [3.8, 4) is 17.1 Å². The molecule has 0 radical (unpaired) electrons. The van der Waals surface area contributed by atoms with Crippen molar-refractivity contribution in [1.29, 1.82) is 0 Å². The Labute approximate surface area is 192 Å². The van der Waals surface area contributed by atoms with Crippen LogP contribution in [0.1, 0.15) is 5.56 Å². The van der Waals surface area contributed by atoms with Crippen LogP contribution in [0.25, 0.3) is 17.1 Å². The average Bonchev–Trinajstić information content (AvgIpc) is 3.13. The second-order valence-electron chi connectivity index (χ2n) is 6.11. The fraction of sp³-hybridized carbons (Fsp3) is 0.0476. The van der Waals surface area contributed by atoms with E-state index in [1.165, 1.54) is 11.8 Å². The lowest BCUT2D eigenvalue weighted by atomic mass is 10.2. The largest absolute Gasteiger partial charge is 0.270 e. The highest BCUT2D eigenvalue weighted by Gasteiger charge is 2.17. The lowest BCUT2D eigenvalue weighted by molar-refractivity contribution is 0.886. The van der Waals surface area contributed by atoms with Crippen LogP contribution in [0.3, 0.4) is 0 Å². The molecule has 0 saturated heterocycles. The summed E-state index contributed by atoms with van der Waals surface area (Å²) < 4.78 is 1.98. The summed E-state index contributed by atoms with van der Waals surface area (Å²) >= 11 is 26.3. The van der Waals surface area contributed by atoms with Gasteiger partial charge in [0.2, 0.25) is 0 Å². The molecule has 0 aliphatic carbocycles. The highest BCUT2D eigenvalue weighted by Crippen LogP contribution is 2.34. The Morgan fingerprint density at radius 3 is 1.93 bits per heavy atom. The molecule has 0 aliphatic rings. The standard InChI is InChI=1S/C21H13Cl4N3S/c22-14-6-4-13(5-7-14)20-26-27-21(28(20)16-10-8-15(23)9-11-16)29-12-17-18(24)2-1-3-19(17)25/h1-11H,12H2. The molecule has 0 atom stereocenters. The molecular formula is C21H13Cl4N3S. The van der Waals surface area contributed by atoms with Crippen molar-refractivity contribution >= 4 is 58.2 Å². The van der Waals surface area contributed by atoms with Crippen molar-refractivity contribution in [3.63, 3.8) is 0 Å². The molecule has 0 aliphatic heterocycles. The van der Waals surface area contributed by atoms with E-state index in [1.807, 2.05) is 71.3 Å². The Balaban J connectivity index is 1.75. The van der Waals surface area contributed by atoms with Gasteiger partial charge in [-0.2, -0.15) is 0 Å². The van der Waals surface area contributed by atoms with Crippen molar-refractivity contribution in [1.82, 2.24) is 14.8 Å². The van der Waals surface area contributed by atoms with Crippen LogP contribution in [-0.4, -0.2) is 14.8 Å². The zero-order valence-electron chi connectivity index (χ0n) is 14.8. The van der Waals surface area contributed by atoms with E-state index in [9.17, 15) is 0 Å². The number of nitrogens with zero attached hydrogens (tertiary/aromatic N) is 3. The van der Waals surface area contributed by atoms with Gasteiger partial charge in [-0.25, -0.2) is 0 Å². The molecule has 0 N–H and O–H groups in total. The lowest BCUT2D eigenvalue weighted by Gasteiger charge is -2.11. The summed E-state index contributed by atoms with van der Waals surface area (Å²) in [6, 6.07) is 20.5. The minimum absolute atomic E-state index is 0.560. The van der Waals surface area contributed by atoms with Gasteiger partial charge >= 0.3 is 0 Å². The number of hydrogen-bond acceptors (Lipinski definition) is 3. The molecule has 0 unspecified atom stereocenters. The van der Waals surface area contributed by atoms with Crippen LogP contribution in [0, 0.1) is 0 Å². The number of halogens is 4. The summed E-state index contributed by atoms with van der Waals surface area (Å²) in [5.74, 6) is 1.27. The monoisotopic (exact) mass is 479 g/mol. The van der Waals surface area contributed by atoms with E-state index in [2.05, 4.69) is 10.2 Å². The van der Waals surface area contributed by atoms with Gasteiger partial charge in [0.15, 0.2) is 11.0 Å². The van der Waals surface area contributed by atoms with Gasteiger partial charge in [-0.3, -0.25) is 4.57 Å². The fourth-order valence-electron chi connectivity index (χ4n) is 2.78. The van der Waals surface area contributed by atoms with E-state index in [4.69, 9.17) is 46.4 Å². The second-order valence-corrected chi connectivity index (χ2v) is 8.74. The molecule has 146 valence electrons. The second kappa shape index (κ2) is 8.99. The van der Waals surface area contributed by atoms with Crippen LogP contribution >= 0.6 is 58.2 Å². The highest BCUT2D eigenvalue weighted by atomic mass is 35.5. The van der Waals surface area contributed by atoms with Crippen LogP contribution < -0.4 is 0 Å². The van der Waals surface area contributed by atoms with E-state index in [0.717, 1.165) is 16.8 Å². The molecule has 1 heterocycles. The van der Waals surface area contributed by atoms with E-state index >= 15 is 0 Å². The van der Waals surface area contributed by atoms with Gasteiger partial charge in [-0.15, -0.1) is 10.2 Å². The Bertz CT molecular complexity index is 1120. The van der Waals surface area contributed by atoms with Gasteiger partial charge in [0.25, 0.3) is 0 Å². The van der Waals surface area contributed by atoms with Crippen LogP contribution in [-0.2, 0) is 5.75 Å². The smallest absolute Gasteiger partial charge is 0.196 e. The van der Waals surface area contributed by atoms with Crippen LogP contribution in [0.5, 0.6) is 0 Å². The van der Waals surface area contributed by atoms with Gasteiger partial charge in [-0.1, -0.05) is 64.2 Å². The minimum atomic E-state index is 0.560. The average molecular weight is 481 g/mol. The predicted molar refractivity (Wildman–Crippen MR) is 123 cm³/mol. The first-order valence-electron chi connectivity index (χ1n) is 8.56. The molecule has 29 heavy (non-hydrogen) atoms. The summed E-state index contributed by atoms with van der Waals surface area (Å²) in [5.41, 5.74) is 2.66. The Hall–Kier alpha value is -1.69. The Morgan fingerprint density at radius 2 is 1.31 bits per heavy atom. The summed E-state index contributed by atoms with van der Waals surface area (Å²) in [6.07, 6.45) is 0. The van der Waals surface area contributed by atoms with Gasteiger partial charge < -0.3 is 0 Å². The molecule has 0 amide bonds. The molecule has 0 bridgehead atoms. The van der Waals surface area contributed by atoms with Gasteiger partial charge in [0.05, 0.1) is 0 Å². The summed E-state index contributed by atoms with van der Waals surface area (Å²) in [4.78, 5) is 0. The van der Waals surface area contributed by atoms with Gasteiger partial charge in [-0.05, 0) is 66.2 Å². The van der Waals surface area contributed by atoms with E-state index in [-0.39, 0.29) is 0 Å². The zero-order chi connectivity index (χ0) is 20.4. The van der Waals surface area contributed by atoms with Crippen molar-refractivity contribution in [2.75, 3.05) is 0 Å². The maximum atomic E-state index is 6.32. The van der Waals surface area contributed by atoms with Gasteiger partial charge in [0, 0.05) is 37.1 Å². The summed E-state index contributed by atoms with van der Waals surface area (Å²) in [5, 5.41) is 12.1. The van der Waals surface area contributed by atoms with Crippen LogP contribution in [0.15, 0.2) is 71.9 Å². The maximum Gasteiger partial charge on any atom is 0.196 e. The third kappa shape index (κ3) is 4.57. The maximum absolute atomic E-state index is 6.32. The Morgan fingerprint density at radius 1 is 0.724 bits per heavy atom. The minimum Gasteiger partial charge on any atom is -0.270 e. The molecule has 0 spiro atoms. The van der Waals surface area contributed by atoms with Crippen molar-refractivity contribution < 1.29 is 0 Å². The predicted octanol–water partition coefficient (Wildman–Crippen LogP) is 7.84. The normalized spacial score (nSPS) is 11.0. The zero-order valence-corrected chi connectivity index (χ0v) is 18.7. The summed E-state index contributed by atoms with van der Waals surface area (Å²) in [7, 11) is 0. The molecule has 3 aromatic carbocycles. The quantitative estimate of drug-likeness (QED) is 0.272.